The van der Waals surface area contributed by atoms with E-state index < -0.39 is 0 Å². The number of hydrogen-bond donors (Lipinski definition) is 1. The van der Waals surface area contributed by atoms with Gasteiger partial charge in [-0.1, -0.05) is 6.42 Å². The zero-order valence-corrected chi connectivity index (χ0v) is 15.1. The van der Waals surface area contributed by atoms with Gasteiger partial charge in [-0.05, 0) is 65.4 Å². The summed E-state index contributed by atoms with van der Waals surface area (Å²) in [4.78, 5) is 7.43. The summed E-state index contributed by atoms with van der Waals surface area (Å²) in [5, 5.41) is 7.91. The Balaban J connectivity index is 1.51. The first-order chi connectivity index (χ1) is 11.1. The fourth-order valence-corrected chi connectivity index (χ4v) is 3.97. The van der Waals surface area contributed by atoms with Crippen LogP contribution in [-0.4, -0.2) is 78.3 Å². The number of rotatable bonds is 5. The molecule has 1 unspecified atom stereocenters. The Kier molecular flexibility index (Phi) is 5.72. The lowest BCUT2D eigenvalue weighted by atomic mass is 10.1. The zero-order chi connectivity index (χ0) is 16.2. The molecule has 0 radical (unpaired) electrons. The Labute approximate surface area is 141 Å². The molecule has 2 aliphatic rings. The van der Waals surface area contributed by atoms with Crippen molar-refractivity contribution in [3.8, 4) is 0 Å². The molecule has 0 amide bonds. The van der Waals surface area contributed by atoms with Crippen molar-refractivity contribution >= 4 is 0 Å². The minimum atomic E-state index is 0.687. The Morgan fingerprint density at radius 2 is 2.00 bits per heavy atom. The molecule has 0 aromatic carbocycles. The van der Waals surface area contributed by atoms with Gasteiger partial charge in [0.05, 0.1) is 5.69 Å². The minimum absolute atomic E-state index is 0.687. The predicted octanol–water partition coefficient (Wildman–Crippen LogP) is 1.75. The second-order valence-electron chi connectivity index (χ2n) is 7.61. The monoisotopic (exact) mass is 319 g/mol. The van der Waals surface area contributed by atoms with Crippen LogP contribution in [0.3, 0.4) is 0 Å². The average molecular weight is 319 g/mol. The van der Waals surface area contributed by atoms with E-state index >= 15 is 0 Å². The molecule has 1 aliphatic carbocycles. The number of nitrogens with one attached hydrogen (secondary N) is 1. The lowest BCUT2D eigenvalue weighted by molar-refractivity contribution is 0.100. The molecule has 5 nitrogen and oxygen atoms in total. The molecule has 1 N–H and O–H groups in total. The van der Waals surface area contributed by atoms with Gasteiger partial charge in [0.25, 0.3) is 0 Å². The van der Waals surface area contributed by atoms with Crippen LogP contribution in [0.5, 0.6) is 0 Å². The van der Waals surface area contributed by atoms with E-state index in [-0.39, 0.29) is 0 Å². The molecule has 0 spiro atoms. The zero-order valence-electron chi connectivity index (χ0n) is 15.1. The summed E-state index contributed by atoms with van der Waals surface area (Å²) in [5.41, 5.74) is 4.21. The molecule has 130 valence electrons. The van der Waals surface area contributed by atoms with Gasteiger partial charge in [0.1, 0.15) is 0 Å². The van der Waals surface area contributed by atoms with Gasteiger partial charge >= 0.3 is 0 Å². The molecular formula is C18H33N5. The van der Waals surface area contributed by atoms with Gasteiger partial charge in [-0.25, -0.2) is 0 Å². The van der Waals surface area contributed by atoms with Crippen molar-refractivity contribution in [1.29, 1.82) is 0 Å². The van der Waals surface area contributed by atoms with Crippen LogP contribution in [-0.2, 0) is 19.4 Å². The smallest absolute Gasteiger partial charge is 0.0796 e. The maximum atomic E-state index is 4.62. The van der Waals surface area contributed by atoms with Crippen LogP contribution in [0.1, 0.15) is 42.6 Å². The highest BCUT2D eigenvalue weighted by molar-refractivity contribution is 5.26. The van der Waals surface area contributed by atoms with Gasteiger partial charge in [0.15, 0.2) is 0 Å². The first kappa shape index (κ1) is 16.9. The number of H-pyrrole nitrogens is 1. The second kappa shape index (κ2) is 7.77. The van der Waals surface area contributed by atoms with Crippen LogP contribution in [0.15, 0.2) is 0 Å². The minimum Gasteiger partial charge on any atom is -0.304 e. The maximum absolute atomic E-state index is 4.62. The molecule has 3 rings (SSSR count). The summed E-state index contributed by atoms with van der Waals surface area (Å²) in [5.74, 6) is 0. The van der Waals surface area contributed by atoms with Crippen LogP contribution >= 0.6 is 0 Å². The van der Waals surface area contributed by atoms with Gasteiger partial charge in [0.2, 0.25) is 0 Å². The van der Waals surface area contributed by atoms with Crippen molar-refractivity contribution in [2.45, 2.75) is 51.1 Å². The maximum Gasteiger partial charge on any atom is 0.0796 e. The van der Waals surface area contributed by atoms with E-state index in [1.807, 2.05) is 0 Å². The van der Waals surface area contributed by atoms with Gasteiger partial charge < -0.3 is 14.7 Å². The van der Waals surface area contributed by atoms with Crippen molar-refractivity contribution < 1.29 is 0 Å². The van der Waals surface area contributed by atoms with Gasteiger partial charge in [-0.2, -0.15) is 5.10 Å². The first-order valence-electron chi connectivity index (χ1n) is 9.26. The molecule has 0 bridgehead atoms. The van der Waals surface area contributed by atoms with E-state index in [1.165, 1.54) is 75.1 Å². The van der Waals surface area contributed by atoms with Gasteiger partial charge in [0, 0.05) is 37.9 Å². The van der Waals surface area contributed by atoms with Crippen molar-refractivity contribution in [1.82, 2.24) is 24.9 Å². The molecule has 1 saturated heterocycles. The van der Waals surface area contributed by atoms with E-state index in [4.69, 9.17) is 0 Å². The molecule has 1 aromatic heterocycles. The number of aromatic amines is 1. The quantitative estimate of drug-likeness (QED) is 0.839. The summed E-state index contributed by atoms with van der Waals surface area (Å²) < 4.78 is 0. The molecular weight excluding hydrogens is 286 g/mol. The molecule has 0 saturated carbocycles. The Hall–Kier alpha value is -0.910. The van der Waals surface area contributed by atoms with Crippen molar-refractivity contribution in [2.75, 3.05) is 47.3 Å². The summed E-state index contributed by atoms with van der Waals surface area (Å²) in [6.07, 6.45) is 7.63. The fourth-order valence-electron chi connectivity index (χ4n) is 3.97. The van der Waals surface area contributed by atoms with Crippen molar-refractivity contribution in [2.24, 2.45) is 0 Å². The SMILES string of the molecule is CN(CCC1CN(C)CCN1C)Cc1n[nH]c2c1CCCCC2. The Morgan fingerprint density at radius 1 is 1.17 bits per heavy atom. The summed E-state index contributed by atoms with van der Waals surface area (Å²) in [7, 11) is 6.75. The number of aryl methyl sites for hydroxylation is 1. The number of nitrogens with zero attached hydrogens (tertiary/aromatic N) is 4. The molecule has 1 fully saturated rings. The van der Waals surface area contributed by atoms with E-state index in [9.17, 15) is 0 Å². The van der Waals surface area contributed by atoms with E-state index in [0.717, 1.165) is 13.1 Å². The highest BCUT2D eigenvalue weighted by atomic mass is 15.3. The van der Waals surface area contributed by atoms with Crippen LogP contribution < -0.4 is 0 Å². The average Bonchev–Trinajstić information content (AvgIpc) is 2.76. The van der Waals surface area contributed by atoms with Gasteiger partial charge in [-0.15, -0.1) is 0 Å². The van der Waals surface area contributed by atoms with Crippen molar-refractivity contribution in [3.63, 3.8) is 0 Å². The Morgan fingerprint density at radius 3 is 2.87 bits per heavy atom. The number of hydrogen-bond acceptors (Lipinski definition) is 4. The predicted molar refractivity (Wildman–Crippen MR) is 94.7 cm³/mol. The lowest BCUT2D eigenvalue weighted by Crippen LogP contribution is -2.50. The Bertz CT molecular complexity index is 498. The standard InChI is InChI=1S/C18H33N5/c1-21(10-9-15-13-22(2)11-12-23(15)3)14-18-16-7-5-4-6-8-17(16)19-20-18/h15H,4-14H2,1-3H3,(H,19,20). The van der Waals surface area contributed by atoms with E-state index in [1.54, 1.807) is 0 Å². The molecule has 23 heavy (non-hydrogen) atoms. The third kappa shape index (κ3) is 4.34. The number of piperazine rings is 1. The van der Waals surface area contributed by atoms with E-state index in [0.29, 0.717) is 6.04 Å². The van der Waals surface area contributed by atoms with Crippen LogP contribution in [0.4, 0.5) is 0 Å². The molecule has 2 heterocycles. The summed E-state index contributed by atoms with van der Waals surface area (Å²) in [6.45, 7) is 5.71. The highest BCUT2D eigenvalue weighted by Gasteiger charge is 2.22. The second-order valence-corrected chi connectivity index (χ2v) is 7.61. The van der Waals surface area contributed by atoms with Crippen LogP contribution in [0.2, 0.25) is 0 Å². The third-order valence-electron chi connectivity index (χ3n) is 5.64. The highest BCUT2D eigenvalue weighted by Crippen LogP contribution is 2.22. The summed E-state index contributed by atoms with van der Waals surface area (Å²) in [6, 6.07) is 0.687. The molecule has 1 aliphatic heterocycles. The number of likely N-dealkylation sites (N-methyl/N-ethyl adjacent to an activating group) is 2. The fraction of sp³-hybridized carbons (Fsp3) is 0.833. The van der Waals surface area contributed by atoms with E-state index in [2.05, 4.69) is 46.0 Å². The number of aromatic nitrogens is 2. The summed E-state index contributed by atoms with van der Waals surface area (Å²) >= 11 is 0. The molecule has 1 atom stereocenters. The molecule has 5 heteroatoms. The number of fused-ring (bicyclic) bond motifs is 1. The van der Waals surface area contributed by atoms with Crippen molar-refractivity contribution in [3.05, 3.63) is 17.0 Å². The van der Waals surface area contributed by atoms with Gasteiger partial charge in [-0.3, -0.25) is 5.10 Å². The van der Waals surface area contributed by atoms with Crippen LogP contribution in [0, 0.1) is 0 Å². The molecule has 1 aromatic rings. The first-order valence-corrected chi connectivity index (χ1v) is 9.26. The van der Waals surface area contributed by atoms with Crippen LogP contribution in [0.25, 0.3) is 0 Å². The third-order valence-corrected chi connectivity index (χ3v) is 5.64. The topological polar surface area (TPSA) is 38.4 Å². The lowest BCUT2D eigenvalue weighted by Gasteiger charge is -2.38. The largest absolute Gasteiger partial charge is 0.304 e. The normalized spacial score (nSPS) is 23.9.